The first-order chi connectivity index (χ1) is 9.01. The number of methoxy groups -OCH3 is 1. The van der Waals surface area contributed by atoms with Crippen molar-refractivity contribution in [2.24, 2.45) is 0 Å². The molecule has 0 bridgehead atoms. The average molecular weight is 331 g/mol. The Morgan fingerprint density at radius 3 is 2.63 bits per heavy atom. The van der Waals surface area contributed by atoms with Crippen LogP contribution < -0.4 is 15.8 Å². The molecule has 0 aliphatic rings. The highest BCUT2D eigenvalue weighted by Crippen LogP contribution is 2.39. The number of benzene rings is 1. The molecule has 0 aromatic heterocycles. The fraction of sp³-hybridized carbons (Fsp3) is 0.571. The van der Waals surface area contributed by atoms with Gasteiger partial charge in [0.2, 0.25) is 0 Å². The maximum absolute atomic E-state index is 6.16. The molecule has 1 aromatic carbocycles. The summed E-state index contributed by atoms with van der Waals surface area (Å²) < 4.78 is 11.9. The van der Waals surface area contributed by atoms with Crippen LogP contribution in [0.3, 0.4) is 0 Å². The first-order valence-electron chi connectivity index (χ1n) is 6.51. The van der Waals surface area contributed by atoms with Gasteiger partial charge in [0.05, 0.1) is 25.5 Å². The van der Waals surface area contributed by atoms with Gasteiger partial charge in [0.25, 0.3) is 0 Å². The molecule has 0 unspecified atom stereocenters. The number of hydrogen-bond donors (Lipinski definition) is 2. The number of anilines is 2. The van der Waals surface area contributed by atoms with Crippen molar-refractivity contribution in [1.29, 1.82) is 0 Å². The van der Waals surface area contributed by atoms with Crippen molar-refractivity contribution in [2.45, 2.75) is 39.9 Å². The van der Waals surface area contributed by atoms with Crippen molar-refractivity contribution in [3.05, 3.63) is 16.1 Å². The van der Waals surface area contributed by atoms with E-state index in [9.17, 15) is 0 Å². The standard InChI is InChI=1S/C14H23BrN2O2/c1-5-6-17-14-11(18-4)7-10(8-19-9(2)3)12(15)13(14)16/h7,9,17H,5-6,8,16H2,1-4H3. The van der Waals surface area contributed by atoms with E-state index in [2.05, 4.69) is 28.2 Å². The van der Waals surface area contributed by atoms with Crippen LogP contribution in [0.15, 0.2) is 10.5 Å². The molecule has 4 nitrogen and oxygen atoms in total. The zero-order valence-corrected chi connectivity index (χ0v) is 13.6. The van der Waals surface area contributed by atoms with Crippen molar-refractivity contribution in [3.8, 4) is 5.75 Å². The molecule has 5 heteroatoms. The fourth-order valence-corrected chi connectivity index (χ4v) is 2.09. The predicted octanol–water partition coefficient (Wildman–Crippen LogP) is 3.79. The highest BCUT2D eigenvalue weighted by atomic mass is 79.9. The molecule has 108 valence electrons. The fourth-order valence-electron chi connectivity index (χ4n) is 1.66. The molecule has 0 atom stereocenters. The first kappa shape index (κ1) is 16.1. The summed E-state index contributed by atoms with van der Waals surface area (Å²) in [5.74, 6) is 0.747. The summed E-state index contributed by atoms with van der Waals surface area (Å²) in [4.78, 5) is 0. The third kappa shape index (κ3) is 4.28. The second kappa shape index (κ2) is 7.60. The van der Waals surface area contributed by atoms with E-state index in [1.807, 2.05) is 19.9 Å². The molecule has 1 rings (SSSR count). The van der Waals surface area contributed by atoms with Gasteiger partial charge in [-0.25, -0.2) is 0 Å². The van der Waals surface area contributed by atoms with Crippen molar-refractivity contribution >= 4 is 27.3 Å². The van der Waals surface area contributed by atoms with Gasteiger partial charge in [0.1, 0.15) is 11.4 Å². The topological polar surface area (TPSA) is 56.5 Å². The summed E-state index contributed by atoms with van der Waals surface area (Å²) in [5, 5.41) is 3.29. The van der Waals surface area contributed by atoms with Crippen LogP contribution in [-0.4, -0.2) is 19.8 Å². The van der Waals surface area contributed by atoms with E-state index in [1.165, 1.54) is 0 Å². The Morgan fingerprint density at radius 2 is 2.11 bits per heavy atom. The second-order valence-corrected chi connectivity index (χ2v) is 5.42. The third-order valence-electron chi connectivity index (χ3n) is 2.68. The molecule has 0 spiro atoms. The zero-order chi connectivity index (χ0) is 14.4. The Morgan fingerprint density at radius 1 is 1.42 bits per heavy atom. The lowest BCUT2D eigenvalue weighted by atomic mass is 10.1. The first-order valence-corrected chi connectivity index (χ1v) is 7.30. The minimum Gasteiger partial charge on any atom is -0.494 e. The van der Waals surface area contributed by atoms with Gasteiger partial charge in [-0.15, -0.1) is 0 Å². The Kier molecular flexibility index (Phi) is 6.45. The van der Waals surface area contributed by atoms with Gasteiger partial charge in [-0.3, -0.25) is 0 Å². The lowest BCUT2D eigenvalue weighted by molar-refractivity contribution is 0.0653. The quantitative estimate of drug-likeness (QED) is 0.747. The van der Waals surface area contributed by atoms with Gasteiger partial charge in [-0.2, -0.15) is 0 Å². The molecule has 0 heterocycles. The van der Waals surface area contributed by atoms with Crippen LogP contribution in [0.25, 0.3) is 0 Å². The van der Waals surface area contributed by atoms with Crippen molar-refractivity contribution in [3.63, 3.8) is 0 Å². The van der Waals surface area contributed by atoms with E-state index in [-0.39, 0.29) is 6.10 Å². The van der Waals surface area contributed by atoms with Crippen LogP contribution in [0, 0.1) is 0 Å². The number of nitrogens with two attached hydrogens (primary N) is 1. The molecule has 19 heavy (non-hydrogen) atoms. The minimum absolute atomic E-state index is 0.178. The number of ether oxygens (including phenoxy) is 2. The van der Waals surface area contributed by atoms with Crippen LogP contribution in [0.4, 0.5) is 11.4 Å². The average Bonchev–Trinajstić information content (AvgIpc) is 2.38. The smallest absolute Gasteiger partial charge is 0.144 e. The maximum atomic E-state index is 6.16. The van der Waals surface area contributed by atoms with E-state index >= 15 is 0 Å². The van der Waals surface area contributed by atoms with Gasteiger partial charge < -0.3 is 20.5 Å². The largest absolute Gasteiger partial charge is 0.494 e. The molecular formula is C14H23BrN2O2. The van der Waals surface area contributed by atoms with Gasteiger partial charge in [0, 0.05) is 11.0 Å². The SMILES string of the molecule is CCCNc1c(OC)cc(COC(C)C)c(Br)c1N. The van der Waals surface area contributed by atoms with Crippen molar-refractivity contribution in [2.75, 3.05) is 24.7 Å². The summed E-state index contributed by atoms with van der Waals surface area (Å²) in [6.07, 6.45) is 1.20. The van der Waals surface area contributed by atoms with Crippen LogP contribution in [0.2, 0.25) is 0 Å². The summed E-state index contributed by atoms with van der Waals surface area (Å²) in [5.41, 5.74) is 8.65. The lowest BCUT2D eigenvalue weighted by Gasteiger charge is -2.18. The molecule has 0 amide bonds. The Balaban J connectivity index is 3.06. The summed E-state index contributed by atoms with van der Waals surface area (Å²) in [6, 6.07) is 1.96. The highest BCUT2D eigenvalue weighted by molar-refractivity contribution is 9.10. The molecule has 0 aliphatic carbocycles. The molecule has 0 fully saturated rings. The van der Waals surface area contributed by atoms with E-state index < -0.39 is 0 Å². The van der Waals surface area contributed by atoms with Crippen LogP contribution in [-0.2, 0) is 11.3 Å². The molecular weight excluding hydrogens is 308 g/mol. The zero-order valence-electron chi connectivity index (χ0n) is 12.0. The Labute approximate surface area is 123 Å². The van der Waals surface area contributed by atoms with Crippen LogP contribution >= 0.6 is 15.9 Å². The number of halogens is 1. The van der Waals surface area contributed by atoms with Gasteiger partial charge >= 0.3 is 0 Å². The number of nitrogen functional groups attached to an aromatic ring is 1. The Hall–Kier alpha value is -0.940. The van der Waals surface area contributed by atoms with Gasteiger partial charge in [-0.1, -0.05) is 6.92 Å². The third-order valence-corrected chi connectivity index (χ3v) is 3.62. The number of nitrogens with one attached hydrogen (secondary N) is 1. The van der Waals surface area contributed by atoms with Crippen molar-refractivity contribution < 1.29 is 9.47 Å². The molecule has 0 aliphatic heterocycles. The molecule has 0 saturated carbocycles. The van der Waals surface area contributed by atoms with E-state index in [4.69, 9.17) is 15.2 Å². The lowest BCUT2D eigenvalue weighted by Crippen LogP contribution is -2.09. The maximum Gasteiger partial charge on any atom is 0.144 e. The number of rotatable bonds is 7. The van der Waals surface area contributed by atoms with E-state index in [1.54, 1.807) is 7.11 Å². The molecule has 1 aromatic rings. The monoisotopic (exact) mass is 330 g/mol. The predicted molar refractivity (Wildman–Crippen MR) is 83.8 cm³/mol. The summed E-state index contributed by atoms with van der Waals surface area (Å²) in [7, 11) is 1.65. The second-order valence-electron chi connectivity index (χ2n) is 4.63. The van der Waals surface area contributed by atoms with E-state index in [0.717, 1.165) is 34.4 Å². The highest BCUT2D eigenvalue weighted by Gasteiger charge is 2.15. The Bertz CT molecular complexity index is 422. The molecule has 0 radical (unpaired) electrons. The van der Waals surface area contributed by atoms with Gasteiger partial charge in [0.15, 0.2) is 0 Å². The summed E-state index contributed by atoms with van der Waals surface area (Å²) in [6.45, 7) is 7.48. The van der Waals surface area contributed by atoms with Crippen LogP contribution in [0.5, 0.6) is 5.75 Å². The summed E-state index contributed by atoms with van der Waals surface area (Å²) >= 11 is 3.54. The van der Waals surface area contributed by atoms with E-state index in [0.29, 0.717) is 12.3 Å². The van der Waals surface area contributed by atoms with Crippen LogP contribution in [0.1, 0.15) is 32.8 Å². The normalized spacial score (nSPS) is 10.8. The van der Waals surface area contributed by atoms with Gasteiger partial charge in [-0.05, 0) is 47.8 Å². The molecule has 0 saturated heterocycles. The minimum atomic E-state index is 0.178. The van der Waals surface area contributed by atoms with Crippen molar-refractivity contribution in [1.82, 2.24) is 0 Å². The number of hydrogen-bond acceptors (Lipinski definition) is 4. The molecule has 3 N–H and O–H groups in total.